The van der Waals surface area contributed by atoms with Crippen molar-refractivity contribution >= 4 is 5.69 Å². The topological polar surface area (TPSA) is 55.3 Å². The molecule has 0 radical (unpaired) electrons. The van der Waals surface area contributed by atoms with E-state index < -0.39 is 0 Å². The first-order valence-corrected chi connectivity index (χ1v) is 8.39. The molecule has 0 spiro atoms. The molecule has 2 rings (SSSR count). The summed E-state index contributed by atoms with van der Waals surface area (Å²) in [7, 11) is 0. The summed E-state index contributed by atoms with van der Waals surface area (Å²) >= 11 is 0. The second kappa shape index (κ2) is 10.8. The molecule has 2 aromatic carbocycles. The summed E-state index contributed by atoms with van der Waals surface area (Å²) in [5.41, 5.74) is 14.9. The Kier molecular flexibility index (Phi) is 9.03. The summed E-state index contributed by atoms with van der Waals surface area (Å²) in [6.45, 7) is 9.78. The van der Waals surface area contributed by atoms with E-state index in [2.05, 4.69) is 62.1 Å². The molecule has 0 aromatic heterocycles. The van der Waals surface area contributed by atoms with Crippen LogP contribution in [0.1, 0.15) is 30.9 Å². The monoisotopic (exact) mass is 313 g/mol. The van der Waals surface area contributed by atoms with Gasteiger partial charge in [0.1, 0.15) is 0 Å². The van der Waals surface area contributed by atoms with Gasteiger partial charge in [0.2, 0.25) is 0 Å². The minimum Gasteiger partial charge on any atom is -0.371 e. The van der Waals surface area contributed by atoms with Crippen molar-refractivity contribution in [1.82, 2.24) is 0 Å². The zero-order chi connectivity index (χ0) is 17.1. The van der Waals surface area contributed by atoms with Crippen LogP contribution in [0, 0.1) is 6.92 Å². The van der Waals surface area contributed by atoms with Crippen molar-refractivity contribution in [3.05, 3.63) is 65.7 Å². The van der Waals surface area contributed by atoms with Crippen LogP contribution >= 0.6 is 0 Å². The average Bonchev–Trinajstić information content (AvgIpc) is 2.60. The lowest BCUT2D eigenvalue weighted by Crippen LogP contribution is -2.28. The number of anilines is 1. The molecular weight excluding hydrogens is 282 g/mol. The first kappa shape index (κ1) is 19.2. The number of nitrogens with zero attached hydrogens (tertiary/aromatic N) is 1. The van der Waals surface area contributed by atoms with Gasteiger partial charge >= 0.3 is 0 Å². The summed E-state index contributed by atoms with van der Waals surface area (Å²) in [5.74, 6) is 0.487. The molecule has 3 heteroatoms. The van der Waals surface area contributed by atoms with Gasteiger partial charge in [-0.05, 0) is 49.6 Å². The summed E-state index contributed by atoms with van der Waals surface area (Å²) in [6, 6.07) is 18.8. The van der Waals surface area contributed by atoms with Crippen molar-refractivity contribution in [2.24, 2.45) is 11.5 Å². The van der Waals surface area contributed by atoms with Gasteiger partial charge < -0.3 is 16.4 Å². The average molecular weight is 313 g/mol. The largest absolute Gasteiger partial charge is 0.371 e. The molecule has 1 atom stereocenters. The van der Waals surface area contributed by atoms with E-state index in [4.69, 9.17) is 11.5 Å². The highest BCUT2D eigenvalue weighted by atomic mass is 15.1. The van der Waals surface area contributed by atoms with Gasteiger partial charge in [0, 0.05) is 25.3 Å². The van der Waals surface area contributed by atoms with Crippen LogP contribution in [0.2, 0.25) is 0 Å². The minimum atomic E-state index is 0.487. The number of hydrogen-bond acceptors (Lipinski definition) is 3. The molecule has 3 nitrogen and oxygen atoms in total. The Morgan fingerprint density at radius 2 is 1.70 bits per heavy atom. The molecular formula is C20H31N3. The first-order chi connectivity index (χ1) is 11.1. The van der Waals surface area contributed by atoms with Crippen LogP contribution in [0.3, 0.4) is 0 Å². The van der Waals surface area contributed by atoms with Crippen molar-refractivity contribution in [2.45, 2.75) is 26.7 Å². The standard InChI is InChI=1S/C11H18N2.C9H13N/c1-3-13(8-7-12)11-6-4-5-10(2)9-11;1-8(7-10)9-5-3-2-4-6-9/h4-6,9H,3,7-8,12H2,1-2H3;2-6,8H,7,10H2,1H3. The molecule has 0 fully saturated rings. The molecule has 23 heavy (non-hydrogen) atoms. The van der Waals surface area contributed by atoms with E-state index in [1.54, 1.807) is 0 Å². The Hall–Kier alpha value is -1.84. The molecule has 0 aliphatic carbocycles. The van der Waals surface area contributed by atoms with Crippen molar-refractivity contribution in [3.63, 3.8) is 0 Å². The van der Waals surface area contributed by atoms with Crippen LogP contribution in [0.5, 0.6) is 0 Å². The lowest BCUT2D eigenvalue weighted by Gasteiger charge is -2.22. The van der Waals surface area contributed by atoms with E-state index in [1.807, 2.05) is 18.2 Å². The number of nitrogens with two attached hydrogens (primary N) is 2. The van der Waals surface area contributed by atoms with E-state index in [0.29, 0.717) is 12.5 Å². The summed E-state index contributed by atoms with van der Waals surface area (Å²) in [4.78, 5) is 2.28. The van der Waals surface area contributed by atoms with Gasteiger partial charge in [-0.1, -0.05) is 49.4 Å². The fraction of sp³-hybridized carbons (Fsp3) is 0.400. The van der Waals surface area contributed by atoms with Crippen LogP contribution in [-0.4, -0.2) is 26.2 Å². The molecule has 0 bridgehead atoms. The van der Waals surface area contributed by atoms with Crippen LogP contribution in [0.25, 0.3) is 0 Å². The Labute approximate surface area is 141 Å². The number of hydrogen-bond donors (Lipinski definition) is 2. The maximum Gasteiger partial charge on any atom is 0.0369 e. The zero-order valence-electron chi connectivity index (χ0n) is 14.7. The Bertz CT molecular complexity index is 540. The summed E-state index contributed by atoms with van der Waals surface area (Å²) in [5, 5.41) is 0. The maximum absolute atomic E-state index is 5.54. The van der Waals surface area contributed by atoms with Crippen molar-refractivity contribution in [1.29, 1.82) is 0 Å². The number of aryl methyl sites for hydroxylation is 1. The predicted molar refractivity (Wildman–Crippen MR) is 102 cm³/mol. The molecule has 0 heterocycles. The van der Waals surface area contributed by atoms with Gasteiger partial charge in [-0.15, -0.1) is 0 Å². The number of benzene rings is 2. The third kappa shape index (κ3) is 6.85. The SMILES string of the molecule is CC(CN)c1ccccc1.CCN(CCN)c1cccc(C)c1. The third-order valence-corrected chi connectivity index (χ3v) is 3.87. The van der Waals surface area contributed by atoms with Gasteiger partial charge in [0.15, 0.2) is 0 Å². The summed E-state index contributed by atoms with van der Waals surface area (Å²) in [6.07, 6.45) is 0. The molecule has 0 amide bonds. The number of rotatable bonds is 6. The van der Waals surface area contributed by atoms with Crippen LogP contribution in [0.4, 0.5) is 5.69 Å². The minimum absolute atomic E-state index is 0.487. The Morgan fingerprint density at radius 1 is 1.00 bits per heavy atom. The maximum atomic E-state index is 5.54. The second-order valence-electron chi connectivity index (χ2n) is 5.75. The highest BCUT2D eigenvalue weighted by Crippen LogP contribution is 2.14. The predicted octanol–water partition coefficient (Wildman–Crippen LogP) is 3.53. The van der Waals surface area contributed by atoms with Gasteiger partial charge in [-0.3, -0.25) is 0 Å². The van der Waals surface area contributed by atoms with Crippen LogP contribution in [0.15, 0.2) is 54.6 Å². The van der Waals surface area contributed by atoms with Crippen molar-refractivity contribution < 1.29 is 0 Å². The Morgan fingerprint density at radius 3 is 2.22 bits per heavy atom. The molecule has 0 saturated heterocycles. The van der Waals surface area contributed by atoms with Crippen molar-refractivity contribution in [3.8, 4) is 0 Å². The van der Waals surface area contributed by atoms with Gasteiger partial charge in [-0.2, -0.15) is 0 Å². The normalized spacial score (nSPS) is 11.3. The van der Waals surface area contributed by atoms with Crippen molar-refractivity contribution in [2.75, 3.05) is 31.1 Å². The lowest BCUT2D eigenvalue weighted by molar-refractivity contribution is 0.774. The van der Waals surface area contributed by atoms with E-state index in [-0.39, 0.29) is 0 Å². The lowest BCUT2D eigenvalue weighted by atomic mass is 10.0. The van der Waals surface area contributed by atoms with E-state index in [1.165, 1.54) is 16.8 Å². The molecule has 0 aliphatic rings. The molecule has 2 aromatic rings. The van der Waals surface area contributed by atoms with Crippen LogP contribution < -0.4 is 16.4 Å². The smallest absolute Gasteiger partial charge is 0.0369 e. The highest BCUT2D eigenvalue weighted by molar-refractivity contribution is 5.48. The fourth-order valence-electron chi connectivity index (χ4n) is 2.37. The molecule has 1 unspecified atom stereocenters. The van der Waals surface area contributed by atoms with Gasteiger partial charge in [0.25, 0.3) is 0 Å². The molecule has 126 valence electrons. The molecule has 0 saturated carbocycles. The van der Waals surface area contributed by atoms with Gasteiger partial charge in [0.05, 0.1) is 0 Å². The highest BCUT2D eigenvalue weighted by Gasteiger charge is 2.01. The second-order valence-corrected chi connectivity index (χ2v) is 5.75. The molecule has 4 N–H and O–H groups in total. The van der Waals surface area contributed by atoms with E-state index in [9.17, 15) is 0 Å². The summed E-state index contributed by atoms with van der Waals surface area (Å²) < 4.78 is 0. The Balaban J connectivity index is 0.000000238. The quantitative estimate of drug-likeness (QED) is 0.858. The van der Waals surface area contributed by atoms with E-state index in [0.717, 1.165) is 19.6 Å². The van der Waals surface area contributed by atoms with Crippen LogP contribution in [-0.2, 0) is 0 Å². The fourth-order valence-corrected chi connectivity index (χ4v) is 2.37. The zero-order valence-corrected chi connectivity index (χ0v) is 14.7. The van der Waals surface area contributed by atoms with Gasteiger partial charge in [-0.25, -0.2) is 0 Å². The molecule has 0 aliphatic heterocycles. The first-order valence-electron chi connectivity index (χ1n) is 8.39. The van der Waals surface area contributed by atoms with E-state index >= 15 is 0 Å². The third-order valence-electron chi connectivity index (χ3n) is 3.87. The number of likely N-dealkylation sites (N-methyl/N-ethyl adjacent to an activating group) is 1.